The van der Waals surface area contributed by atoms with Gasteiger partial charge in [-0.15, -0.1) is 0 Å². The Morgan fingerprint density at radius 1 is 0.704 bits per heavy atom. The van der Waals surface area contributed by atoms with Crippen molar-refractivity contribution in [1.29, 1.82) is 0 Å². The standard InChI is InChI=1S/C23H18ClNO2/c1-26-21-13-18-12-20(25-23(24)19(18)14-22(21)27-2)17-10-6-9-16(11-17)15-7-4-3-5-8-15/h3-14H,1-2H3. The first kappa shape index (κ1) is 17.4. The molecule has 0 saturated carbocycles. The number of pyridine rings is 1. The zero-order valence-corrected chi connectivity index (χ0v) is 15.8. The summed E-state index contributed by atoms with van der Waals surface area (Å²) >= 11 is 6.49. The van der Waals surface area contributed by atoms with E-state index in [1.807, 2.05) is 48.5 Å². The molecule has 1 aromatic heterocycles. The predicted octanol–water partition coefficient (Wildman–Crippen LogP) is 6.24. The molecule has 0 aliphatic rings. The predicted molar refractivity (Wildman–Crippen MR) is 111 cm³/mol. The maximum atomic E-state index is 6.49. The SMILES string of the molecule is COc1cc2cc(-c3cccc(-c4ccccc4)c3)nc(Cl)c2cc1OC. The van der Waals surface area contributed by atoms with E-state index in [4.69, 9.17) is 21.1 Å². The minimum atomic E-state index is 0.438. The third-order valence-electron chi connectivity index (χ3n) is 4.55. The molecular weight excluding hydrogens is 358 g/mol. The lowest BCUT2D eigenvalue weighted by Gasteiger charge is -2.12. The molecule has 4 aromatic rings. The summed E-state index contributed by atoms with van der Waals surface area (Å²) in [7, 11) is 3.23. The van der Waals surface area contributed by atoms with Crippen LogP contribution < -0.4 is 9.47 Å². The minimum Gasteiger partial charge on any atom is -0.493 e. The normalized spacial score (nSPS) is 10.8. The number of methoxy groups -OCH3 is 2. The summed E-state index contributed by atoms with van der Waals surface area (Å²) in [5.41, 5.74) is 4.13. The van der Waals surface area contributed by atoms with E-state index in [0.29, 0.717) is 16.7 Å². The highest BCUT2D eigenvalue weighted by Gasteiger charge is 2.12. The Balaban J connectivity index is 1.85. The summed E-state index contributed by atoms with van der Waals surface area (Å²) in [6.07, 6.45) is 0. The molecular formula is C23H18ClNO2. The van der Waals surface area contributed by atoms with Crippen LogP contribution in [-0.4, -0.2) is 19.2 Å². The van der Waals surface area contributed by atoms with Gasteiger partial charge in [0.2, 0.25) is 0 Å². The number of hydrogen-bond donors (Lipinski definition) is 0. The van der Waals surface area contributed by atoms with Crippen LogP contribution in [0.15, 0.2) is 72.8 Å². The summed E-state index contributed by atoms with van der Waals surface area (Å²) in [4.78, 5) is 4.61. The topological polar surface area (TPSA) is 31.4 Å². The fraction of sp³-hybridized carbons (Fsp3) is 0.0870. The Morgan fingerprint density at radius 2 is 1.37 bits per heavy atom. The number of rotatable bonds is 4. The van der Waals surface area contributed by atoms with Gasteiger partial charge >= 0.3 is 0 Å². The highest BCUT2D eigenvalue weighted by molar-refractivity contribution is 6.34. The Hall–Kier alpha value is -3.04. The molecule has 0 spiro atoms. The highest BCUT2D eigenvalue weighted by atomic mass is 35.5. The zero-order valence-electron chi connectivity index (χ0n) is 15.1. The first-order valence-corrected chi connectivity index (χ1v) is 8.95. The fourth-order valence-corrected chi connectivity index (χ4v) is 3.43. The molecule has 27 heavy (non-hydrogen) atoms. The van der Waals surface area contributed by atoms with E-state index in [1.165, 1.54) is 0 Å². The van der Waals surface area contributed by atoms with Gasteiger partial charge in [0.25, 0.3) is 0 Å². The van der Waals surface area contributed by atoms with Gasteiger partial charge in [-0.25, -0.2) is 4.98 Å². The highest BCUT2D eigenvalue weighted by Crippen LogP contribution is 2.37. The third-order valence-corrected chi connectivity index (χ3v) is 4.84. The Bertz CT molecular complexity index is 1110. The van der Waals surface area contributed by atoms with E-state index in [1.54, 1.807) is 14.2 Å². The number of nitrogens with zero attached hydrogens (tertiary/aromatic N) is 1. The van der Waals surface area contributed by atoms with Crippen LogP contribution in [0.5, 0.6) is 11.5 Å². The molecule has 0 aliphatic carbocycles. The number of halogens is 1. The van der Waals surface area contributed by atoms with Gasteiger partial charge in [-0.1, -0.05) is 60.1 Å². The van der Waals surface area contributed by atoms with Gasteiger partial charge < -0.3 is 9.47 Å². The second kappa shape index (κ2) is 7.29. The summed E-state index contributed by atoms with van der Waals surface area (Å²) < 4.78 is 10.8. The van der Waals surface area contributed by atoms with Crippen molar-refractivity contribution in [2.75, 3.05) is 14.2 Å². The lowest BCUT2D eigenvalue weighted by Crippen LogP contribution is -1.93. The average Bonchev–Trinajstić information content (AvgIpc) is 2.73. The van der Waals surface area contributed by atoms with Gasteiger partial charge in [0.15, 0.2) is 11.5 Å². The van der Waals surface area contributed by atoms with Crippen molar-refractivity contribution in [2.24, 2.45) is 0 Å². The van der Waals surface area contributed by atoms with Crippen molar-refractivity contribution in [1.82, 2.24) is 4.98 Å². The molecule has 0 atom stereocenters. The van der Waals surface area contributed by atoms with E-state index in [2.05, 4.69) is 29.2 Å². The van der Waals surface area contributed by atoms with Crippen molar-refractivity contribution in [3.05, 3.63) is 77.9 Å². The van der Waals surface area contributed by atoms with E-state index in [0.717, 1.165) is 33.2 Å². The van der Waals surface area contributed by atoms with Crippen molar-refractivity contribution >= 4 is 22.4 Å². The Labute approximate surface area is 163 Å². The molecule has 3 nitrogen and oxygen atoms in total. The maximum absolute atomic E-state index is 6.49. The van der Waals surface area contributed by atoms with Gasteiger partial charge in [0.05, 0.1) is 19.9 Å². The monoisotopic (exact) mass is 375 g/mol. The molecule has 0 amide bonds. The molecule has 0 radical (unpaired) electrons. The molecule has 0 bridgehead atoms. The van der Waals surface area contributed by atoms with Crippen LogP contribution in [0, 0.1) is 0 Å². The first-order chi connectivity index (χ1) is 13.2. The Morgan fingerprint density at radius 3 is 2.11 bits per heavy atom. The van der Waals surface area contributed by atoms with Gasteiger partial charge in [-0.2, -0.15) is 0 Å². The molecule has 0 fully saturated rings. The quantitative estimate of drug-likeness (QED) is 0.395. The van der Waals surface area contributed by atoms with Crippen LogP contribution in [0.4, 0.5) is 0 Å². The van der Waals surface area contributed by atoms with E-state index < -0.39 is 0 Å². The van der Waals surface area contributed by atoms with E-state index in [9.17, 15) is 0 Å². The third kappa shape index (κ3) is 3.34. The summed E-state index contributed by atoms with van der Waals surface area (Å²) in [5.74, 6) is 1.30. The van der Waals surface area contributed by atoms with E-state index >= 15 is 0 Å². The van der Waals surface area contributed by atoms with Gasteiger partial charge in [0, 0.05) is 10.9 Å². The number of hydrogen-bond acceptors (Lipinski definition) is 3. The summed E-state index contributed by atoms with van der Waals surface area (Å²) in [5, 5.41) is 2.22. The van der Waals surface area contributed by atoms with Crippen LogP contribution >= 0.6 is 11.6 Å². The van der Waals surface area contributed by atoms with Crippen molar-refractivity contribution in [3.8, 4) is 33.9 Å². The molecule has 1 heterocycles. The van der Waals surface area contributed by atoms with E-state index in [-0.39, 0.29) is 0 Å². The largest absolute Gasteiger partial charge is 0.493 e. The van der Waals surface area contributed by atoms with Gasteiger partial charge in [-0.05, 0) is 40.8 Å². The molecule has 0 unspecified atom stereocenters. The van der Waals surface area contributed by atoms with Crippen molar-refractivity contribution < 1.29 is 9.47 Å². The number of ether oxygens (including phenoxy) is 2. The zero-order chi connectivity index (χ0) is 18.8. The lowest BCUT2D eigenvalue weighted by molar-refractivity contribution is 0.356. The van der Waals surface area contributed by atoms with Crippen LogP contribution in [0.25, 0.3) is 33.2 Å². The smallest absolute Gasteiger partial charge is 0.161 e. The number of fused-ring (bicyclic) bond motifs is 1. The first-order valence-electron chi connectivity index (χ1n) is 8.58. The summed E-state index contributed by atoms with van der Waals surface area (Å²) in [6.45, 7) is 0. The maximum Gasteiger partial charge on any atom is 0.161 e. The molecule has 0 saturated heterocycles. The molecule has 4 heteroatoms. The lowest BCUT2D eigenvalue weighted by atomic mass is 10.0. The number of benzene rings is 3. The number of aromatic nitrogens is 1. The second-order valence-corrected chi connectivity index (χ2v) is 6.53. The molecule has 4 rings (SSSR count). The second-order valence-electron chi connectivity index (χ2n) is 6.17. The average molecular weight is 376 g/mol. The van der Waals surface area contributed by atoms with Crippen LogP contribution in [0.1, 0.15) is 0 Å². The van der Waals surface area contributed by atoms with Crippen LogP contribution in [-0.2, 0) is 0 Å². The molecule has 3 aromatic carbocycles. The fourth-order valence-electron chi connectivity index (χ4n) is 3.17. The molecule has 0 N–H and O–H groups in total. The van der Waals surface area contributed by atoms with Gasteiger partial charge in [0.1, 0.15) is 5.15 Å². The van der Waals surface area contributed by atoms with Crippen molar-refractivity contribution in [3.63, 3.8) is 0 Å². The molecule has 134 valence electrons. The Kier molecular flexibility index (Phi) is 4.69. The molecule has 0 aliphatic heterocycles. The van der Waals surface area contributed by atoms with Crippen LogP contribution in [0.3, 0.4) is 0 Å². The van der Waals surface area contributed by atoms with Crippen LogP contribution in [0.2, 0.25) is 5.15 Å². The van der Waals surface area contributed by atoms with Gasteiger partial charge in [-0.3, -0.25) is 0 Å². The van der Waals surface area contributed by atoms with Crippen molar-refractivity contribution in [2.45, 2.75) is 0 Å². The minimum absolute atomic E-state index is 0.438. The summed E-state index contributed by atoms with van der Waals surface area (Å²) in [6, 6.07) is 24.4.